The molecule has 3 aromatic carbocycles. The molecule has 1 heterocycles. The first-order chi connectivity index (χ1) is 11.8. The Morgan fingerprint density at radius 1 is 0.792 bits per heavy atom. The predicted octanol–water partition coefficient (Wildman–Crippen LogP) is 6.78. The lowest BCUT2D eigenvalue weighted by atomic mass is 10.0. The highest BCUT2D eigenvalue weighted by molar-refractivity contribution is 9.10. The second kappa shape index (κ2) is 6.50. The number of hydrogen-bond donors (Lipinski definition) is 0. The van der Waals surface area contributed by atoms with Crippen LogP contribution in [0.15, 0.2) is 93.8 Å². The average molecular weight is 375 g/mol. The Labute approximate surface area is 149 Å². The van der Waals surface area contributed by atoms with E-state index >= 15 is 0 Å². The molecule has 1 nitrogen and oxygen atoms in total. The van der Waals surface area contributed by atoms with Crippen molar-refractivity contribution in [3.05, 3.63) is 106 Å². The Balaban J connectivity index is 1.89. The van der Waals surface area contributed by atoms with E-state index in [1.54, 1.807) is 0 Å². The van der Waals surface area contributed by atoms with Crippen LogP contribution in [0.25, 0.3) is 22.6 Å². The third kappa shape index (κ3) is 3.06. The van der Waals surface area contributed by atoms with Gasteiger partial charge >= 0.3 is 0 Å². The minimum Gasteiger partial charge on any atom is -0.456 e. The number of halogens is 1. The van der Waals surface area contributed by atoms with Crippen LogP contribution in [-0.2, 0) is 0 Å². The molecule has 0 spiro atoms. The molecular formula is C22H15BrO. The van der Waals surface area contributed by atoms with E-state index in [4.69, 9.17) is 4.42 Å². The normalized spacial score (nSPS) is 11.8. The summed E-state index contributed by atoms with van der Waals surface area (Å²) in [6.45, 7) is 0. The van der Waals surface area contributed by atoms with Crippen LogP contribution in [-0.4, -0.2) is 0 Å². The maximum atomic E-state index is 6.11. The van der Waals surface area contributed by atoms with Gasteiger partial charge < -0.3 is 4.42 Å². The van der Waals surface area contributed by atoms with Gasteiger partial charge in [-0.2, -0.15) is 0 Å². The summed E-state index contributed by atoms with van der Waals surface area (Å²) in [7, 11) is 0. The minimum absolute atomic E-state index is 0.877. The molecule has 0 aliphatic heterocycles. The Morgan fingerprint density at radius 2 is 1.50 bits per heavy atom. The number of fused-ring (bicyclic) bond motifs is 1. The Kier molecular flexibility index (Phi) is 4.06. The molecule has 0 unspecified atom stereocenters. The van der Waals surface area contributed by atoms with Gasteiger partial charge in [0.2, 0.25) is 0 Å². The zero-order chi connectivity index (χ0) is 16.4. The number of benzene rings is 3. The van der Waals surface area contributed by atoms with Gasteiger partial charge in [0, 0.05) is 15.4 Å². The fraction of sp³-hybridized carbons (Fsp3) is 0. The van der Waals surface area contributed by atoms with E-state index in [0.29, 0.717) is 0 Å². The molecule has 0 radical (unpaired) electrons. The topological polar surface area (TPSA) is 13.1 Å². The summed E-state index contributed by atoms with van der Waals surface area (Å²) in [6, 6.07) is 28.8. The van der Waals surface area contributed by atoms with E-state index in [2.05, 4.69) is 70.5 Å². The SMILES string of the molecule is Brc1ccc(/C(=C\c2ccccc2)c2cc3ccccc3o2)cc1. The molecule has 0 atom stereocenters. The number of rotatable bonds is 3. The van der Waals surface area contributed by atoms with E-state index in [1.807, 2.05) is 36.4 Å². The minimum atomic E-state index is 0.877. The molecule has 0 aliphatic rings. The van der Waals surface area contributed by atoms with Crippen LogP contribution in [0, 0.1) is 0 Å². The molecule has 4 rings (SSSR count). The van der Waals surface area contributed by atoms with Crippen molar-refractivity contribution < 1.29 is 4.42 Å². The molecule has 0 saturated carbocycles. The largest absolute Gasteiger partial charge is 0.456 e. The number of hydrogen-bond acceptors (Lipinski definition) is 1. The second-order valence-corrected chi connectivity index (χ2v) is 6.54. The Bertz CT molecular complexity index is 962. The molecule has 1 aromatic heterocycles. The van der Waals surface area contributed by atoms with Crippen molar-refractivity contribution in [1.29, 1.82) is 0 Å². The molecular weight excluding hydrogens is 360 g/mol. The van der Waals surface area contributed by atoms with E-state index < -0.39 is 0 Å². The van der Waals surface area contributed by atoms with Crippen LogP contribution in [0.2, 0.25) is 0 Å². The van der Waals surface area contributed by atoms with Gasteiger partial charge in [0.05, 0.1) is 0 Å². The summed E-state index contributed by atoms with van der Waals surface area (Å²) in [4.78, 5) is 0. The zero-order valence-electron chi connectivity index (χ0n) is 12.9. The van der Waals surface area contributed by atoms with Crippen molar-refractivity contribution in [3.63, 3.8) is 0 Å². The molecule has 2 heteroatoms. The van der Waals surface area contributed by atoms with Gasteiger partial charge in [0.15, 0.2) is 0 Å². The summed E-state index contributed by atoms with van der Waals surface area (Å²) in [6.07, 6.45) is 2.17. The van der Waals surface area contributed by atoms with Gasteiger partial charge in [-0.3, -0.25) is 0 Å². The maximum Gasteiger partial charge on any atom is 0.136 e. The smallest absolute Gasteiger partial charge is 0.136 e. The van der Waals surface area contributed by atoms with Crippen LogP contribution >= 0.6 is 15.9 Å². The van der Waals surface area contributed by atoms with Gasteiger partial charge in [-0.15, -0.1) is 0 Å². The molecule has 0 bridgehead atoms. The van der Waals surface area contributed by atoms with Gasteiger partial charge in [-0.05, 0) is 41.5 Å². The van der Waals surface area contributed by atoms with Gasteiger partial charge in [-0.1, -0.05) is 76.6 Å². The monoisotopic (exact) mass is 374 g/mol. The van der Waals surface area contributed by atoms with Crippen molar-refractivity contribution in [2.75, 3.05) is 0 Å². The zero-order valence-corrected chi connectivity index (χ0v) is 14.5. The maximum absolute atomic E-state index is 6.11. The van der Waals surface area contributed by atoms with Gasteiger partial charge in [-0.25, -0.2) is 0 Å². The van der Waals surface area contributed by atoms with Crippen LogP contribution in [0.4, 0.5) is 0 Å². The van der Waals surface area contributed by atoms with Crippen molar-refractivity contribution in [2.45, 2.75) is 0 Å². The van der Waals surface area contributed by atoms with Crippen molar-refractivity contribution >= 4 is 38.5 Å². The highest BCUT2D eigenvalue weighted by atomic mass is 79.9. The molecule has 0 N–H and O–H groups in total. The fourth-order valence-electron chi connectivity index (χ4n) is 2.76. The van der Waals surface area contributed by atoms with Crippen molar-refractivity contribution in [2.24, 2.45) is 0 Å². The first-order valence-corrected chi connectivity index (χ1v) is 8.60. The van der Waals surface area contributed by atoms with Gasteiger partial charge in [0.25, 0.3) is 0 Å². The first-order valence-electron chi connectivity index (χ1n) is 7.81. The van der Waals surface area contributed by atoms with Crippen LogP contribution < -0.4 is 0 Å². The molecule has 0 saturated heterocycles. The summed E-state index contributed by atoms with van der Waals surface area (Å²) >= 11 is 3.50. The highest BCUT2D eigenvalue weighted by Gasteiger charge is 2.11. The molecule has 116 valence electrons. The lowest BCUT2D eigenvalue weighted by Crippen LogP contribution is -1.86. The third-order valence-corrected chi connectivity index (χ3v) is 4.49. The third-order valence-electron chi connectivity index (χ3n) is 3.96. The standard InChI is InChI=1S/C22H15BrO/c23-19-12-10-17(11-13-19)20(14-16-6-2-1-3-7-16)22-15-18-8-4-5-9-21(18)24-22/h1-15H/b20-14+. The first kappa shape index (κ1) is 15.0. The van der Waals surface area contributed by atoms with Crippen LogP contribution in [0.1, 0.15) is 16.9 Å². The van der Waals surface area contributed by atoms with E-state index in [1.165, 1.54) is 0 Å². The summed E-state index contributed by atoms with van der Waals surface area (Å²) < 4.78 is 7.17. The predicted molar refractivity (Wildman–Crippen MR) is 104 cm³/mol. The van der Waals surface area contributed by atoms with Crippen molar-refractivity contribution in [1.82, 2.24) is 0 Å². The van der Waals surface area contributed by atoms with Gasteiger partial charge in [0.1, 0.15) is 11.3 Å². The lowest BCUT2D eigenvalue weighted by molar-refractivity contribution is 0.601. The van der Waals surface area contributed by atoms with E-state index in [0.717, 1.165) is 37.9 Å². The molecule has 4 aromatic rings. The Hall–Kier alpha value is -2.58. The molecule has 24 heavy (non-hydrogen) atoms. The summed E-state index contributed by atoms with van der Waals surface area (Å²) in [5, 5.41) is 1.11. The van der Waals surface area contributed by atoms with E-state index in [9.17, 15) is 0 Å². The summed E-state index contributed by atoms with van der Waals surface area (Å²) in [5.74, 6) is 0.877. The molecule has 0 aliphatic carbocycles. The van der Waals surface area contributed by atoms with E-state index in [-0.39, 0.29) is 0 Å². The van der Waals surface area contributed by atoms with Crippen molar-refractivity contribution in [3.8, 4) is 0 Å². The summed E-state index contributed by atoms with van der Waals surface area (Å²) in [5.41, 5.74) is 4.26. The lowest BCUT2D eigenvalue weighted by Gasteiger charge is -2.06. The number of furan rings is 1. The fourth-order valence-corrected chi connectivity index (χ4v) is 3.02. The molecule has 0 fully saturated rings. The van der Waals surface area contributed by atoms with Crippen LogP contribution in [0.3, 0.4) is 0 Å². The number of para-hydroxylation sites is 1. The quantitative estimate of drug-likeness (QED) is 0.360. The second-order valence-electron chi connectivity index (χ2n) is 5.62. The molecule has 0 amide bonds. The average Bonchev–Trinajstić information content (AvgIpc) is 3.05. The Morgan fingerprint density at radius 3 is 2.25 bits per heavy atom. The highest BCUT2D eigenvalue weighted by Crippen LogP contribution is 2.31. The van der Waals surface area contributed by atoms with Crippen LogP contribution in [0.5, 0.6) is 0 Å².